The van der Waals surface area contributed by atoms with E-state index in [2.05, 4.69) is 21.2 Å². The first-order valence-electron chi connectivity index (χ1n) is 9.17. The number of carbonyl (C=O) groups is 2. The number of nitrogens with zero attached hydrogens (tertiary/aromatic N) is 1. The van der Waals surface area contributed by atoms with Crippen LogP contribution in [0.2, 0.25) is 0 Å². The topological polar surface area (TPSA) is 88.1 Å². The minimum absolute atomic E-state index is 0.0990. The molecule has 1 aliphatic heterocycles. The third kappa shape index (κ3) is 5.07. The molecule has 0 bridgehead atoms. The molecule has 7 nitrogen and oxygen atoms in total. The van der Waals surface area contributed by atoms with Crippen molar-refractivity contribution in [2.75, 3.05) is 32.6 Å². The number of ether oxygens (including phenoxy) is 2. The molecule has 1 unspecified atom stereocenters. The first-order valence-corrected chi connectivity index (χ1v) is 9.96. The third-order valence-electron chi connectivity index (χ3n) is 4.96. The van der Waals surface area contributed by atoms with Gasteiger partial charge in [-0.3, -0.25) is 14.5 Å². The van der Waals surface area contributed by atoms with Crippen molar-refractivity contribution in [2.45, 2.75) is 18.9 Å². The number of halogens is 1. The van der Waals surface area contributed by atoms with Crippen LogP contribution in [0.3, 0.4) is 0 Å². The molecule has 0 aliphatic carbocycles. The van der Waals surface area contributed by atoms with Gasteiger partial charge in [0.05, 0.1) is 27.2 Å². The second-order valence-corrected chi connectivity index (χ2v) is 7.71. The van der Waals surface area contributed by atoms with E-state index in [9.17, 15) is 14.7 Å². The number of benzene rings is 2. The molecule has 1 amide bonds. The van der Waals surface area contributed by atoms with Crippen molar-refractivity contribution in [2.24, 2.45) is 0 Å². The van der Waals surface area contributed by atoms with Crippen LogP contribution in [0.25, 0.3) is 0 Å². The van der Waals surface area contributed by atoms with Crippen LogP contribution in [0.5, 0.6) is 11.5 Å². The zero-order valence-corrected chi connectivity index (χ0v) is 17.9. The van der Waals surface area contributed by atoms with Crippen molar-refractivity contribution in [1.82, 2.24) is 4.90 Å². The van der Waals surface area contributed by atoms with E-state index >= 15 is 0 Å². The monoisotopic (exact) mass is 462 g/mol. The van der Waals surface area contributed by atoms with Crippen molar-refractivity contribution < 1.29 is 24.2 Å². The molecule has 0 saturated carbocycles. The van der Waals surface area contributed by atoms with Crippen LogP contribution >= 0.6 is 15.9 Å². The molecule has 29 heavy (non-hydrogen) atoms. The molecular formula is C21H23BrN2O5. The first kappa shape index (κ1) is 21.1. The largest absolute Gasteiger partial charge is 0.493 e. The van der Waals surface area contributed by atoms with Crippen LogP contribution in [0, 0.1) is 0 Å². The number of hydrogen-bond acceptors (Lipinski definition) is 5. The molecule has 0 aromatic heterocycles. The van der Waals surface area contributed by atoms with E-state index < -0.39 is 12.0 Å². The van der Waals surface area contributed by atoms with Crippen LogP contribution in [0.15, 0.2) is 40.9 Å². The van der Waals surface area contributed by atoms with Crippen molar-refractivity contribution in [3.63, 3.8) is 0 Å². The highest BCUT2D eigenvalue weighted by Crippen LogP contribution is 2.39. The SMILES string of the molecule is COc1cc2c(cc1OC)C(CC(=O)O)N(CC(=O)Nc1ccc(Br)cc1)CC2. The van der Waals surface area contributed by atoms with Gasteiger partial charge in [0, 0.05) is 22.7 Å². The van der Waals surface area contributed by atoms with E-state index in [1.54, 1.807) is 26.4 Å². The molecule has 0 fully saturated rings. The second-order valence-electron chi connectivity index (χ2n) is 6.80. The number of aliphatic carboxylic acids is 1. The number of nitrogens with one attached hydrogen (secondary N) is 1. The number of carboxylic acids is 1. The zero-order chi connectivity index (χ0) is 21.0. The maximum Gasteiger partial charge on any atom is 0.305 e. The highest BCUT2D eigenvalue weighted by Gasteiger charge is 2.31. The molecule has 3 rings (SSSR count). The van der Waals surface area contributed by atoms with Gasteiger partial charge in [-0.15, -0.1) is 0 Å². The van der Waals surface area contributed by atoms with E-state index in [4.69, 9.17) is 9.47 Å². The lowest BCUT2D eigenvalue weighted by Gasteiger charge is -2.36. The predicted octanol–water partition coefficient (Wildman–Crippen LogP) is 3.48. The summed E-state index contributed by atoms with van der Waals surface area (Å²) in [6, 6.07) is 10.6. The molecule has 0 radical (unpaired) electrons. The maximum absolute atomic E-state index is 12.6. The lowest BCUT2D eigenvalue weighted by atomic mass is 9.90. The Morgan fingerprint density at radius 2 is 1.83 bits per heavy atom. The number of carbonyl (C=O) groups excluding carboxylic acids is 1. The number of carboxylic acid groups (broad SMARTS) is 1. The fourth-order valence-electron chi connectivity index (χ4n) is 3.59. The van der Waals surface area contributed by atoms with Crippen LogP contribution in [-0.4, -0.2) is 49.2 Å². The fraction of sp³-hybridized carbons (Fsp3) is 0.333. The summed E-state index contributed by atoms with van der Waals surface area (Å²) in [7, 11) is 3.11. The van der Waals surface area contributed by atoms with E-state index in [-0.39, 0.29) is 18.9 Å². The van der Waals surface area contributed by atoms with Crippen molar-refractivity contribution >= 4 is 33.5 Å². The van der Waals surface area contributed by atoms with Crippen molar-refractivity contribution in [3.8, 4) is 11.5 Å². The lowest BCUT2D eigenvalue weighted by molar-refractivity contribution is -0.139. The van der Waals surface area contributed by atoms with Crippen molar-refractivity contribution in [3.05, 3.63) is 52.0 Å². The lowest BCUT2D eigenvalue weighted by Crippen LogP contribution is -2.41. The molecule has 2 N–H and O–H groups in total. The highest BCUT2D eigenvalue weighted by atomic mass is 79.9. The van der Waals surface area contributed by atoms with Gasteiger partial charge in [0.15, 0.2) is 11.5 Å². The quantitative estimate of drug-likeness (QED) is 0.654. The van der Waals surface area contributed by atoms with Gasteiger partial charge in [0.25, 0.3) is 0 Å². The molecule has 1 heterocycles. The van der Waals surface area contributed by atoms with E-state index in [0.717, 1.165) is 15.6 Å². The van der Waals surface area contributed by atoms with Gasteiger partial charge in [0.1, 0.15) is 0 Å². The minimum atomic E-state index is -0.920. The van der Waals surface area contributed by atoms with Gasteiger partial charge in [-0.25, -0.2) is 0 Å². The molecule has 0 spiro atoms. The Kier molecular flexibility index (Phi) is 6.76. The van der Waals surface area contributed by atoms with Crippen LogP contribution in [-0.2, 0) is 16.0 Å². The summed E-state index contributed by atoms with van der Waals surface area (Å²) in [5.74, 6) is 0.0483. The van der Waals surface area contributed by atoms with Gasteiger partial charge in [-0.05, 0) is 53.9 Å². The molecule has 0 saturated heterocycles. The van der Waals surface area contributed by atoms with Gasteiger partial charge in [0.2, 0.25) is 5.91 Å². The number of amides is 1. The number of fused-ring (bicyclic) bond motifs is 1. The van der Waals surface area contributed by atoms with E-state index in [1.807, 2.05) is 29.2 Å². The number of methoxy groups -OCH3 is 2. The first-order chi connectivity index (χ1) is 13.9. The number of hydrogen-bond donors (Lipinski definition) is 2. The fourth-order valence-corrected chi connectivity index (χ4v) is 3.86. The Balaban J connectivity index is 1.82. The van der Waals surface area contributed by atoms with Gasteiger partial charge >= 0.3 is 5.97 Å². The molecule has 1 atom stereocenters. The van der Waals surface area contributed by atoms with Gasteiger partial charge < -0.3 is 19.9 Å². The normalized spacial score (nSPS) is 16.0. The smallest absolute Gasteiger partial charge is 0.305 e. The highest BCUT2D eigenvalue weighted by molar-refractivity contribution is 9.10. The maximum atomic E-state index is 12.6. The zero-order valence-electron chi connectivity index (χ0n) is 16.3. The average molecular weight is 463 g/mol. The number of anilines is 1. The molecule has 8 heteroatoms. The summed E-state index contributed by atoms with van der Waals surface area (Å²) < 4.78 is 11.7. The Morgan fingerprint density at radius 3 is 2.45 bits per heavy atom. The molecule has 2 aromatic carbocycles. The molecular weight excluding hydrogens is 440 g/mol. The predicted molar refractivity (Wildman–Crippen MR) is 113 cm³/mol. The average Bonchev–Trinajstić information content (AvgIpc) is 2.70. The van der Waals surface area contributed by atoms with Crippen LogP contribution < -0.4 is 14.8 Å². The summed E-state index contributed by atoms with van der Waals surface area (Å²) in [4.78, 5) is 26.0. The van der Waals surface area contributed by atoms with E-state index in [0.29, 0.717) is 30.2 Å². The minimum Gasteiger partial charge on any atom is -0.493 e. The van der Waals surface area contributed by atoms with Crippen LogP contribution in [0.4, 0.5) is 5.69 Å². The summed E-state index contributed by atoms with van der Waals surface area (Å²) in [6.07, 6.45) is 0.589. The summed E-state index contributed by atoms with van der Waals surface area (Å²) in [5.41, 5.74) is 2.56. The van der Waals surface area contributed by atoms with Crippen LogP contribution in [0.1, 0.15) is 23.6 Å². The second kappa shape index (κ2) is 9.28. The molecule has 154 valence electrons. The van der Waals surface area contributed by atoms with Crippen molar-refractivity contribution in [1.29, 1.82) is 0 Å². The molecule has 1 aliphatic rings. The Bertz CT molecular complexity index is 901. The Morgan fingerprint density at radius 1 is 1.17 bits per heavy atom. The van der Waals surface area contributed by atoms with E-state index in [1.165, 1.54) is 0 Å². The van der Waals surface area contributed by atoms with Gasteiger partial charge in [-0.1, -0.05) is 15.9 Å². The standard InChI is InChI=1S/C21H23BrN2O5/c1-28-18-9-13-7-8-24(12-20(25)23-15-5-3-14(22)4-6-15)17(11-21(26)27)16(13)10-19(18)29-2/h3-6,9-10,17H,7-8,11-12H2,1-2H3,(H,23,25)(H,26,27). The summed E-state index contributed by atoms with van der Waals surface area (Å²) in [6.45, 7) is 0.677. The third-order valence-corrected chi connectivity index (χ3v) is 5.48. The number of rotatable bonds is 7. The summed E-state index contributed by atoms with van der Waals surface area (Å²) >= 11 is 3.36. The Hall–Kier alpha value is -2.58. The summed E-state index contributed by atoms with van der Waals surface area (Å²) in [5, 5.41) is 12.3. The molecule has 2 aromatic rings. The van der Waals surface area contributed by atoms with Gasteiger partial charge in [-0.2, -0.15) is 0 Å². The Labute approximate surface area is 177 Å².